The van der Waals surface area contributed by atoms with Gasteiger partial charge in [-0.25, -0.2) is 0 Å². The van der Waals surface area contributed by atoms with Crippen LogP contribution >= 0.6 is 11.6 Å². The lowest BCUT2D eigenvalue weighted by atomic mass is 9.70. The van der Waals surface area contributed by atoms with Crippen LogP contribution in [0.5, 0.6) is 0 Å². The maximum Gasteiger partial charge on any atom is 0.0392 e. The predicted molar refractivity (Wildman–Crippen MR) is 60.1 cm³/mol. The fourth-order valence-corrected chi connectivity index (χ4v) is 3.28. The predicted octanol–water partition coefficient (Wildman–Crippen LogP) is 4.32. The highest BCUT2D eigenvalue weighted by molar-refractivity contribution is 6.21. The summed E-state index contributed by atoms with van der Waals surface area (Å²) >= 11 is 6.48. The zero-order chi connectivity index (χ0) is 10.0. The average molecular weight is 203 g/mol. The fraction of sp³-hybridized carbons (Fsp3) is 1.00. The highest BCUT2D eigenvalue weighted by Crippen LogP contribution is 2.40. The Balaban J connectivity index is 2.62. The van der Waals surface area contributed by atoms with Crippen molar-refractivity contribution in [3.05, 3.63) is 0 Å². The molecule has 0 aromatic rings. The van der Waals surface area contributed by atoms with Crippen molar-refractivity contribution < 1.29 is 0 Å². The first kappa shape index (κ1) is 11.4. The van der Waals surface area contributed by atoms with Gasteiger partial charge in [-0.05, 0) is 23.7 Å². The van der Waals surface area contributed by atoms with Crippen LogP contribution in [0.25, 0.3) is 0 Å². The van der Waals surface area contributed by atoms with Crippen molar-refractivity contribution in [3.8, 4) is 0 Å². The molecule has 0 aromatic carbocycles. The summed E-state index contributed by atoms with van der Waals surface area (Å²) in [5, 5.41) is 0.380. The van der Waals surface area contributed by atoms with Gasteiger partial charge >= 0.3 is 0 Å². The molecule has 0 amide bonds. The Hall–Kier alpha value is 0.290. The lowest BCUT2D eigenvalue weighted by Gasteiger charge is -2.39. The Morgan fingerprint density at radius 2 is 1.54 bits per heavy atom. The molecule has 1 heteroatoms. The van der Waals surface area contributed by atoms with E-state index in [9.17, 15) is 0 Å². The van der Waals surface area contributed by atoms with E-state index < -0.39 is 0 Å². The van der Waals surface area contributed by atoms with E-state index in [1.165, 1.54) is 19.3 Å². The molecule has 1 fully saturated rings. The Bertz CT molecular complexity index is 143. The first-order chi connectivity index (χ1) is 6.04. The molecule has 0 nitrogen and oxygen atoms in total. The topological polar surface area (TPSA) is 0 Å². The summed E-state index contributed by atoms with van der Waals surface area (Å²) in [6, 6.07) is 0. The minimum Gasteiger partial charge on any atom is -0.122 e. The minimum atomic E-state index is 0.380. The highest BCUT2D eigenvalue weighted by Gasteiger charge is 2.34. The van der Waals surface area contributed by atoms with E-state index in [1.54, 1.807) is 0 Å². The molecule has 0 N–H and O–H groups in total. The van der Waals surface area contributed by atoms with Crippen LogP contribution < -0.4 is 0 Å². The van der Waals surface area contributed by atoms with Crippen LogP contribution in [0.1, 0.15) is 47.0 Å². The van der Waals surface area contributed by atoms with Gasteiger partial charge in [0.15, 0.2) is 0 Å². The SMILES string of the molecule is CC(C)C(Cl)C1C(C)CCCC1C. The lowest BCUT2D eigenvalue weighted by molar-refractivity contribution is 0.156. The number of alkyl halides is 1. The second-order valence-electron chi connectivity index (χ2n) is 5.15. The molecule has 0 aromatic heterocycles. The monoisotopic (exact) mass is 202 g/mol. The van der Waals surface area contributed by atoms with Gasteiger partial charge in [-0.2, -0.15) is 0 Å². The highest BCUT2D eigenvalue weighted by atomic mass is 35.5. The molecule has 0 bridgehead atoms. The summed E-state index contributed by atoms with van der Waals surface area (Å²) in [5.74, 6) is 3.02. The third kappa shape index (κ3) is 2.62. The summed E-state index contributed by atoms with van der Waals surface area (Å²) in [4.78, 5) is 0. The van der Waals surface area contributed by atoms with Gasteiger partial charge in [-0.15, -0.1) is 11.6 Å². The zero-order valence-electron chi connectivity index (χ0n) is 9.39. The maximum absolute atomic E-state index is 6.48. The minimum absolute atomic E-state index is 0.380. The first-order valence-electron chi connectivity index (χ1n) is 5.68. The second kappa shape index (κ2) is 4.68. The number of rotatable bonds is 2. The van der Waals surface area contributed by atoms with Gasteiger partial charge in [0.2, 0.25) is 0 Å². The fourth-order valence-electron chi connectivity index (χ4n) is 2.78. The van der Waals surface area contributed by atoms with Crippen molar-refractivity contribution in [2.45, 2.75) is 52.3 Å². The maximum atomic E-state index is 6.48. The van der Waals surface area contributed by atoms with Crippen LogP contribution in [0.15, 0.2) is 0 Å². The summed E-state index contributed by atoms with van der Waals surface area (Å²) in [7, 11) is 0. The molecule has 3 atom stereocenters. The van der Waals surface area contributed by atoms with Crippen molar-refractivity contribution in [2.24, 2.45) is 23.7 Å². The van der Waals surface area contributed by atoms with Gasteiger partial charge in [0.05, 0.1) is 0 Å². The van der Waals surface area contributed by atoms with Crippen molar-refractivity contribution in [1.82, 2.24) is 0 Å². The molecule has 3 unspecified atom stereocenters. The van der Waals surface area contributed by atoms with E-state index in [2.05, 4.69) is 27.7 Å². The molecule has 78 valence electrons. The number of hydrogen-bond acceptors (Lipinski definition) is 0. The molecular formula is C12H23Cl. The van der Waals surface area contributed by atoms with Crippen molar-refractivity contribution >= 4 is 11.6 Å². The molecule has 0 radical (unpaired) electrons. The smallest absolute Gasteiger partial charge is 0.0392 e. The quantitative estimate of drug-likeness (QED) is 0.585. The van der Waals surface area contributed by atoms with Crippen LogP contribution in [0.4, 0.5) is 0 Å². The summed E-state index contributed by atoms with van der Waals surface area (Å²) in [6.07, 6.45) is 4.16. The number of hydrogen-bond donors (Lipinski definition) is 0. The first-order valence-corrected chi connectivity index (χ1v) is 6.11. The molecule has 1 saturated carbocycles. The van der Waals surface area contributed by atoms with Gasteiger partial charge in [0, 0.05) is 5.38 Å². The van der Waals surface area contributed by atoms with Crippen LogP contribution in [-0.2, 0) is 0 Å². The standard InChI is InChI=1S/C12H23Cl/c1-8(2)12(13)11-9(3)6-5-7-10(11)4/h8-12H,5-7H2,1-4H3. The molecule has 0 heterocycles. The molecule has 1 rings (SSSR count). The van der Waals surface area contributed by atoms with Crippen LogP contribution in [0, 0.1) is 23.7 Å². The van der Waals surface area contributed by atoms with Gasteiger partial charge < -0.3 is 0 Å². The Morgan fingerprint density at radius 1 is 1.08 bits per heavy atom. The molecule has 1 aliphatic rings. The van der Waals surface area contributed by atoms with E-state index in [-0.39, 0.29) is 0 Å². The summed E-state index contributed by atoms with van der Waals surface area (Å²) in [5.41, 5.74) is 0. The second-order valence-corrected chi connectivity index (χ2v) is 5.66. The lowest BCUT2D eigenvalue weighted by Crippen LogP contribution is -2.34. The Morgan fingerprint density at radius 3 is 1.92 bits per heavy atom. The van der Waals surface area contributed by atoms with E-state index in [4.69, 9.17) is 11.6 Å². The van der Waals surface area contributed by atoms with E-state index >= 15 is 0 Å². The Kier molecular flexibility index (Phi) is 4.09. The molecule has 13 heavy (non-hydrogen) atoms. The van der Waals surface area contributed by atoms with Crippen molar-refractivity contribution in [1.29, 1.82) is 0 Å². The normalized spacial score (nSPS) is 37.8. The third-order valence-electron chi connectivity index (χ3n) is 3.64. The van der Waals surface area contributed by atoms with Gasteiger partial charge in [-0.1, -0.05) is 47.0 Å². The Labute approximate surface area is 88.1 Å². The molecule has 1 aliphatic carbocycles. The average Bonchev–Trinajstić information content (AvgIpc) is 2.03. The van der Waals surface area contributed by atoms with Gasteiger partial charge in [-0.3, -0.25) is 0 Å². The summed E-state index contributed by atoms with van der Waals surface area (Å²) < 4.78 is 0. The van der Waals surface area contributed by atoms with Crippen molar-refractivity contribution in [3.63, 3.8) is 0 Å². The zero-order valence-corrected chi connectivity index (χ0v) is 10.1. The molecule has 0 aliphatic heterocycles. The van der Waals surface area contributed by atoms with Gasteiger partial charge in [0.25, 0.3) is 0 Å². The summed E-state index contributed by atoms with van der Waals surface area (Å²) in [6.45, 7) is 9.23. The number of halogens is 1. The van der Waals surface area contributed by atoms with Crippen LogP contribution in [-0.4, -0.2) is 5.38 Å². The molecule has 0 saturated heterocycles. The van der Waals surface area contributed by atoms with E-state index in [0.717, 1.165) is 17.8 Å². The third-order valence-corrected chi connectivity index (χ3v) is 4.43. The molecular weight excluding hydrogens is 180 g/mol. The van der Waals surface area contributed by atoms with Gasteiger partial charge in [0.1, 0.15) is 0 Å². The van der Waals surface area contributed by atoms with E-state index in [1.807, 2.05) is 0 Å². The molecule has 0 spiro atoms. The van der Waals surface area contributed by atoms with E-state index in [0.29, 0.717) is 11.3 Å². The van der Waals surface area contributed by atoms with Crippen LogP contribution in [0.3, 0.4) is 0 Å². The largest absolute Gasteiger partial charge is 0.122 e. The van der Waals surface area contributed by atoms with Crippen molar-refractivity contribution in [2.75, 3.05) is 0 Å². The van der Waals surface area contributed by atoms with Crippen LogP contribution in [0.2, 0.25) is 0 Å².